The SMILES string of the molecule is C=CCN[C@@H]1[C@@H]2CC[C@@]3(C)c4ccc(OC)cc4CC[C@]13C(C)=C2C. The van der Waals surface area contributed by atoms with E-state index in [1.54, 1.807) is 23.8 Å². The molecule has 0 unspecified atom stereocenters. The van der Waals surface area contributed by atoms with Crippen LogP contribution in [0.4, 0.5) is 0 Å². The van der Waals surface area contributed by atoms with E-state index in [4.69, 9.17) is 4.74 Å². The highest BCUT2D eigenvalue weighted by atomic mass is 16.5. The lowest BCUT2D eigenvalue weighted by molar-refractivity contribution is 0.0404. The molecule has 134 valence electrons. The predicted octanol–water partition coefficient (Wildman–Crippen LogP) is 4.79. The van der Waals surface area contributed by atoms with Crippen molar-refractivity contribution in [2.75, 3.05) is 13.7 Å². The lowest BCUT2D eigenvalue weighted by Crippen LogP contribution is -2.61. The molecule has 2 heteroatoms. The fourth-order valence-electron chi connectivity index (χ4n) is 6.56. The van der Waals surface area contributed by atoms with E-state index in [9.17, 15) is 0 Å². The monoisotopic (exact) mass is 337 g/mol. The van der Waals surface area contributed by atoms with Gasteiger partial charge in [0.05, 0.1) is 7.11 Å². The molecule has 0 heterocycles. The van der Waals surface area contributed by atoms with E-state index >= 15 is 0 Å². The van der Waals surface area contributed by atoms with Gasteiger partial charge in [0.25, 0.3) is 0 Å². The van der Waals surface area contributed by atoms with Crippen molar-refractivity contribution in [3.05, 3.63) is 53.1 Å². The molecule has 0 aliphatic heterocycles. The Bertz CT molecular complexity index is 748. The average molecular weight is 338 g/mol. The first-order chi connectivity index (χ1) is 12.0. The molecule has 0 amide bonds. The van der Waals surface area contributed by atoms with Gasteiger partial charge in [-0.15, -0.1) is 6.58 Å². The van der Waals surface area contributed by atoms with Crippen LogP contribution < -0.4 is 10.1 Å². The predicted molar refractivity (Wildman–Crippen MR) is 104 cm³/mol. The summed E-state index contributed by atoms with van der Waals surface area (Å²) < 4.78 is 5.49. The molecule has 2 bridgehead atoms. The molecule has 4 rings (SSSR count). The van der Waals surface area contributed by atoms with E-state index < -0.39 is 0 Å². The summed E-state index contributed by atoms with van der Waals surface area (Å²) in [6, 6.07) is 7.31. The molecule has 1 spiro atoms. The lowest BCUT2D eigenvalue weighted by atomic mass is 9.46. The fraction of sp³-hybridized carbons (Fsp3) is 0.565. The molecule has 1 aromatic rings. The minimum atomic E-state index is 0.198. The van der Waals surface area contributed by atoms with Gasteiger partial charge in [0.1, 0.15) is 5.75 Å². The van der Waals surface area contributed by atoms with Crippen LogP contribution in [-0.4, -0.2) is 19.7 Å². The van der Waals surface area contributed by atoms with Crippen molar-refractivity contribution in [3.8, 4) is 5.75 Å². The maximum Gasteiger partial charge on any atom is 0.119 e. The molecule has 1 fully saturated rings. The number of aryl methyl sites for hydroxylation is 1. The molecule has 25 heavy (non-hydrogen) atoms. The third kappa shape index (κ3) is 2.01. The normalized spacial score (nSPS) is 36.0. The molecule has 0 radical (unpaired) electrons. The van der Waals surface area contributed by atoms with E-state index in [0.717, 1.165) is 18.7 Å². The van der Waals surface area contributed by atoms with Gasteiger partial charge >= 0.3 is 0 Å². The Balaban J connectivity index is 1.88. The maximum atomic E-state index is 5.49. The number of fused-ring (bicyclic) bond motifs is 3. The number of nitrogens with one attached hydrogen (secondary N) is 1. The lowest BCUT2D eigenvalue weighted by Gasteiger charge is -2.59. The van der Waals surface area contributed by atoms with Gasteiger partial charge in [0, 0.05) is 23.4 Å². The minimum Gasteiger partial charge on any atom is -0.497 e. The number of rotatable bonds is 4. The summed E-state index contributed by atoms with van der Waals surface area (Å²) in [5.74, 6) is 1.68. The third-order valence-electron chi connectivity index (χ3n) is 7.87. The molecule has 1 aromatic carbocycles. The average Bonchev–Trinajstić information content (AvgIpc) is 2.78. The zero-order chi connectivity index (χ0) is 17.8. The number of ether oxygens (including phenoxy) is 1. The van der Waals surface area contributed by atoms with Crippen LogP contribution in [0.25, 0.3) is 0 Å². The molecular weight excluding hydrogens is 306 g/mol. The number of methoxy groups -OCH3 is 1. The first-order valence-electron chi connectivity index (χ1n) is 9.69. The largest absolute Gasteiger partial charge is 0.497 e. The Morgan fingerprint density at radius 1 is 1.32 bits per heavy atom. The number of hydrogen-bond acceptors (Lipinski definition) is 2. The maximum absolute atomic E-state index is 5.49. The van der Waals surface area contributed by atoms with E-state index in [0.29, 0.717) is 12.0 Å². The number of benzene rings is 1. The van der Waals surface area contributed by atoms with E-state index in [-0.39, 0.29) is 10.8 Å². The Morgan fingerprint density at radius 3 is 2.84 bits per heavy atom. The van der Waals surface area contributed by atoms with Crippen molar-refractivity contribution in [2.45, 2.75) is 57.9 Å². The third-order valence-corrected chi connectivity index (χ3v) is 7.87. The van der Waals surface area contributed by atoms with Crippen molar-refractivity contribution in [2.24, 2.45) is 11.3 Å². The molecule has 3 aliphatic rings. The smallest absolute Gasteiger partial charge is 0.119 e. The van der Waals surface area contributed by atoms with Gasteiger partial charge in [-0.1, -0.05) is 30.2 Å². The summed E-state index contributed by atoms with van der Waals surface area (Å²) >= 11 is 0. The van der Waals surface area contributed by atoms with Crippen molar-refractivity contribution in [3.63, 3.8) is 0 Å². The van der Waals surface area contributed by atoms with Gasteiger partial charge in [-0.3, -0.25) is 0 Å². The van der Waals surface area contributed by atoms with E-state index in [1.807, 2.05) is 6.08 Å². The zero-order valence-corrected chi connectivity index (χ0v) is 16.1. The van der Waals surface area contributed by atoms with Gasteiger partial charge in [0.15, 0.2) is 0 Å². The minimum absolute atomic E-state index is 0.198. The van der Waals surface area contributed by atoms with Crippen LogP contribution in [0.15, 0.2) is 42.0 Å². The zero-order valence-electron chi connectivity index (χ0n) is 16.1. The first kappa shape index (κ1) is 16.9. The second-order valence-electron chi connectivity index (χ2n) is 8.45. The Hall–Kier alpha value is -1.54. The molecule has 3 aliphatic carbocycles. The molecular formula is C23H31NO. The van der Waals surface area contributed by atoms with Crippen LogP contribution in [0.5, 0.6) is 5.75 Å². The van der Waals surface area contributed by atoms with Gasteiger partial charge < -0.3 is 10.1 Å². The summed E-state index contributed by atoms with van der Waals surface area (Å²) in [6.07, 6.45) is 6.94. The van der Waals surface area contributed by atoms with Crippen LogP contribution >= 0.6 is 0 Å². The van der Waals surface area contributed by atoms with Crippen LogP contribution in [0, 0.1) is 11.3 Å². The summed E-state index contributed by atoms with van der Waals surface area (Å²) in [5.41, 5.74) is 6.78. The van der Waals surface area contributed by atoms with E-state index in [1.165, 1.54) is 24.8 Å². The molecule has 1 N–H and O–H groups in total. The molecule has 0 saturated heterocycles. The van der Waals surface area contributed by atoms with Crippen molar-refractivity contribution in [1.29, 1.82) is 0 Å². The highest BCUT2D eigenvalue weighted by Crippen LogP contribution is 2.67. The van der Waals surface area contributed by atoms with Crippen molar-refractivity contribution in [1.82, 2.24) is 5.32 Å². The van der Waals surface area contributed by atoms with Crippen LogP contribution in [0.2, 0.25) is 0 Å². The molecule has 1 saturated carbocycles. The molecule has 2 nitrogen and oxygen atoms in total. The van der Waals surface area contributed by atoms with Crippen molar-refractivity contribution < 1.29 is 4.74 Å². The van der Waals surface area contributed by atoms with Gasteiger partial charge in [-0.05, 0) is 68.7 Å². The van der Waals surface area contributed by atoms with Crippen LogP contribution in [0.3, 0.4) is 0 Å². The highest BCUT2D eigenvalue weighted by molar-refractivity contribution is 5.51. The van der Waals surface area contributed by atoms with Crippen LogP contribution in [-0.2, 0) is 11.8 Å². The number of hydrogen-bond donors (Lipinski definition) is 1. The topological polar surface area (TPSA) is 21.3 Å². The summed E-state index contributed by atoms with van der Waals surface area (Å²) in [7, 11) is 1.77. The van der Waals surface area contributed by atoms with Crippen molar-refractivity contribution >= 4 is 0 Å². The Kier molecular flexibility index (Phi) is 3.88. The van der Waals surface area contributed by atoms with Gasteiger partial charge in [-0.2, -0.15) is 0 Å². The molecule has 0 aromatic heterocycles. The standard InChI is InChI=1S/C23H31NO/c1-6-13-24-21-19-10-11-22(4)20-8-7-18(25-5)14-17(20)9-12-23(21,22)16(3)15(19)2/h6-8,14,19,21,24H,1,9-13H2,2-5H3/t19-,21-,22+,23+/m1/s1. The Labute approximate surface area is 152 Å². The summed E-state index contributed by atoms with van der Waals surface area (Å²) in [5, 5.41) is 3.88. The van der Waals surface area contributed by atoms with Crippen LogP contribution in [0.1, 0.15) is 51.2 Å². The van der Waals surface area contributed by atoms with E-state index in [2.05, 4.69) is 50.9 Å². The molecule has 4 atom stereocenters. The highest BCUT2D eigenvalue weighted by Gasteiger charge is 2.64. The second-order valence-corrected chi connectivity index (χ2v) is 8.45. The fourth-order valence-corrected chi connectivity index (χ4v) is 6.56. The Morgan fingerprint density at radius 2 is 2.12 bits per heavy atom. The summed E-state index contributed by atoms with van der Waals surface area (Å²) in [4.78, 5) is 0. The second kappa shape index (κ2) is 5.74. The quantitative estimate of drug-likeness (QED) is 0.798. The first-order valence-corrected chi connectivity index (χ1v) is 9.69. The van der Waals surface area contributed by atoms with Gasteiger partial charge in [-0.25, -0.2) is 0 Å². The van der Waals surface area contributed by atoms with Gasteiger partial charge in [0.2, 0.25) is 0 Å². The summed E-state index contributed by atoms with van der Waals surface area (Å²) in [6.45, 7) is 12.2.